The summed E-state index contributed by atoms with van der Waals surface area (Å²) in [6.45, 7) is 9.54. The smallest absolute Gasteiger partial charge is 0.397 e. The van der Waals surface area contributed by atoms with Gasteiger partial charge in [-0.1, -0.05) is 29.8 Å². The zero-order valence-electron chi connectivity index (χ0n) is 22.3. The lowest BCUT2D eigenvalue weighted by molar-refractivity contribution is -0.137. The highest BCUT2D eigenvalue weighted by atomic mass is 31.2. The van der Waals surface area contributed by atoms with E-state index in [1.807, 2.05) is 38.0 Å². The van der Waals surface area contributed by atoms with Crippen LogP contribution in [0.15, 0.2) is 54.7 Å². The van der Waals surface area contributed by atoms with Gasteiger partial charge in [-0.15, -0.1) is 0 Å². The first-order valence-electron chi connectivity index (χ1n) is 11.6. The number of rotatable bonds is 7. The van der Waals surface area contributed by atoms with Crippen LogP contribution in [0.2, 0.25) is 0 Å². The van der Waals surface area contributed by atoms with Gasteiger partial charge in [0.15, 0.2) is 0 Å². The number of aliphatic hydroxyl groups is 1. The molecule has 0 aliphatic carbocycles. The van der Waals surface area contributed by atoms with Crippen molar-refractivity contribution >= 4 is 36.7 Å². The summed E-state index contributed by atoms with van der Waals surface area (Å²) in [5.41, 5.74) is 6.30. The Morgan fingerprint density at radius 1 is 1.03 bits per heavy atom. The molecule has 0 saturated carbocycles. The Balaban J connectivity index is 0.00000179. The van der Waals surface area contributed by atoms with Gasteiger partial charge in [0.25, 0.3) is 0 Å². The first kappa shape index (κ1) is 34.7. The normalized spacial score (nSPS) is 10.5. The van der Waals surface area contributed by atoms with Gasteiger partial charge in [-0.05, 0) is 70.5 Å². The van der Waals surface area contributed by atoms with Crippen LogP contribution in [0.4, 0.5) is 30.6 Å². The Morgan fingerprint density at radius 2 is 1.55 bits per heavy atom. The number of halogens is 3. The average Bonchev–Trinajstić information content (AvgIpc) is 2.87. The summed E-state index contributed by atoms with van der Waals surface area (Å²) in [7, 11) is -0.888. The van der Waals surface area contributed by atoms with E-state index in [1.54, 1.807) is 44.5 Å². The maximum absolute atomic E-state index is 13.4. The molecule has 0 spiro atoms. The predicted molar refractivity (Wildman–Crippen MR) is 149 cm³/mol. The molecule has 12 heteroatoms. The molecule has 0 unspecified atom stereocenters. The molecule has 38 heavy (non-hydrogen) atoms. The molecule has 5 N–H and O–H groups in total. The Kier molecular flexibility index (Phi) is 15.8. The molecular formula is C26H37F3N5O3P. The molecular weight excluding hydrogens is 518 g/mol. The van der Waals surface area contributed by atoms with E-state index in [4.69, 9.17) is 9.90 Å². The fourth-order valence-corrected chi connectivity index (χ4v) is 3.76. The first-order valence-corrected chi connectivity index (χ1v) is 14.2. The van der Waals surface area contributed by atoms with Crippen molar-refractivity contribution in [2.75, 3.05) is 44.2 Å². The van der Waals surface area contributed by atoms with E-state index in [-0.39, 0.29) is 18.4 Å². The third kappa shape index (κ3) is 12.3. The monoisotopic (exact) mass is 555 g/mol. The summed E-state index contributed by atoms with van der Waals surface area (Å²) in [5.74, 6) is -0.241. The minimum absolute atomic E-state index is 0.0368. The standard InChI is InChI=1S/C22H24F3N4OP.C2H6O.CH5N.CH2O/c1-15-4-6-16(7-5-15)12-13-26-20-19(22(23,24)25)14-27-21(29-20)28-17-8-10-18(11-9-17)31(2,3)30;1-2-3;2*1-2/h4-11,14H,12-13H2,1-3H3,(H2,26,27,28,29);3H,2H2,1H3;2H2,1H3;1H2. The molecule has 0 saturated heterocycles. The molecule has 0 amide bonds. The van der Waals surface area contributed by atoms with Gasteiger partial charge >= 0.3 is 6.18 Å². The second-order valence-electron chi connectivity index (χ2n) is 7.95. The van der Waals surface area contributed by atoms with Crippen molar-refractivity contribution in [2.24, 2.45) is 5.73 Å². The molecule has 1 heterocycles. The molecule has 0 atom stereocenters. The van der Waals surface area contributed by atoms with Crippen molar-refractivity contribution in [1.82, 2.24) is 9.97 Å². The van der Waals surface area contributed by atoms with Gasteiger partial charge in [0.05, 0.1) is 0 Å². The van der Waals surface area contributed by atoms with Crippen molar-refractivity contribution in [1.29, 1.82) is 0 Å². The molecule has 0 fully saturated rings. The number of nitrogens with one attached hydrogen (secondary N) is 2. The van der Waals surface area contributed by atoms with E-state index < -0.39 is 18.9 Å². The maximum atomic E-state index is 13.4. The fourth-order valence-electron chi connectivity index (χ4n) is 2.90. The lowest BCUT2D eigenvalue weighted by Gasteiger charge is -2.15. The lowest BCUT2D eigenvalue weighted by atomic mass is 10.1. The Hall–Kier alpha value is -3.27. The number of aliphatic hydroxyl groups excluding tert-OH is 1. The molecule has 0 bridgehead atoms. The average molecular weight is 556 g/mol. The maximum Gasteiger partial charge on any atom is 0.421 e. The summed E-state index contributed by atoms with van der Waals surface area (Å²) in [4.78, 5) is 15.9. The van der Waals surface area contributed by atoms with Crippen LogP contribution in [0.25, 0.3) is 0 Å². The van der Waals surface area contributed by atoms with Gasteiger partial charge in [0.2, 0.25) is 5.95 Å². The summed E-state index contributed by atoms with van der Waals surface area (Å²) in [6, 6.07) is 14.6. The lowest BCUT2D eigenvalue weighted by Crippen LogP contribution is -2.16. The first-order chi connectivity index (χ1) is 17.9. The molecule has 1 aromatic heterocycles. The Bertz CT molecular complexity index is 1120. The van der Waals surface area contributed by atoms with Crippen molar-refractivity contribution in [3.63, 3.8) is 0 Å². The van der Waals surface area contributed by atoms with Crippen LogP contribution in [0.3, 0.4) is 0 Å². The molecule has 0 aliphatic heterocycles. The second kappa shape index (κ2) is 17.3. The van der Waals surface area contributed by atoms with Gasteiger partial charge in [-0.3, -0.25) is 0 Å². The van der Waals surface area contributed by atoms with Crippen LogP contribution in [0, 0.1) is 6.92 Å². The van der Waals surface area contributed by atoms with Gasteiger partial charge < -0.3 is 30.8 Å². The van der Waals surface area contributed by atoms with Crippen LogP contribution >= 0.6 is 7.14 Å². The number of nitrogens with two attached hydrogens (primary N) is 1. The number of benzene rings is 2. The summed E-state index contributed by atoms with van der Waals surface area (Å²) < 4.78 is 52.3. The topological polar surface area (TPSA) is 130 Å². The number of aryl methyl sites for hydroxylation is 1. The number of nitrogens with zero attached hydrogens (tertiary/aromatic N) is 2. The number of carbonyl (C=O) groups excluding carboxylic acids is 1. The van der Waals surface area contributed by atoms with Crippen molar-refractivity contribution in [3.05, 3.63) is 71.4 Å². The van der Waals surface area contributed by atoms with Crippen LogP contribution in [0.5, 0.6) is 0 Å². The molecule has 2 aromatic carbocycles. The minimum Gasteiger partial charge on any atom is -0.397 e. The number of alkyl halides is 3. The van der Waals surface area contributed by atoms with Crippen LogP contribution < -0.4 is 21.7 Å². The third-order valence-electron chi connectivity index (χ3n) is 4.67. The van der Waals surface area contributed by atoms with E-state index in [9.17, 15) is 17.7 Å². The van der Waals surface area contributed by atoms with Crippen LogP contribution in [-0.2, 0) is 22.0 Å². The van der Waals surface area contributed by atoms with E-state index >= 15 is 0 Å². The Morgan fingerprint density at radius 3 is 2.03 bits per heavy atom. The number of aromatic nitrogens is 2. The number of hydrogen-bond donors (Lipinski definition) is 4. The number of anilines is 3. The fraction of sp³-hybridized carbons (Fsp3) is 0.346. The second-order valence-corrected chi connectivity index (χ2v) is 11.2. The third-order valence-corrected chi connectivity index (χ3v) is 6.21. The molecule has 210 valence electrons. The van der Waals surface area contributed by atoms with Crippen LogP contribution in [0.1, 0.15) is 23.6 Å². The van der Waals surface area contributed by atoms with Crippen molar-refractivity contribution in [3.8, 4) is 0 Å². The van der Waals surface area contributed by atoms with E-state index in [0.29, 0.717) is 24.0 Å². The molecule has 3 rings (SSSR count). The quantitative estimate of drug-likeness (QED) is 0.305. The highest BCUT2D eigenvalue weighted by Crippen LogP contribution is 2.35. The highest BCUT2D eigenvalue weighted by molar-refractivity contribution is 7.70. The van der Waals surface area contributed by atoms with E-state index in [2.05, 4.69) is 26.3 Å². The van der Waals surface area contributed by atoms with Gasteiger partial charge in [-0.25, -0.2) is 4.98 Å². The predicted octanol–water partition coefficient (Wildman–Crippen LogP) is 4.84. The summed E-state index contributed by atoms with van der Waals surface area (Å²) in [6.07, 6.45) is -3.25. The largest absolute Gasteiger partial charge is 0.421 e. The van der Waals surface area contributed by atoms with Gasteiger partial charge in [0.1, 0.15) is 25.3 Å². The molecule has 3 aromatic rings. The SMILES string of the molecule is C=O.CCO.CN.Cc1ccc(CCNc2nc(Nc3ccc(P(C)(C)=O)cc3)ncc2C(F)(F)F)cc1. The zero-order valence-corrected chi connectivity index (χ0v) is 23.2. The molecule has 0 radical (unpaired) electrons. The van der Waals surface area contributed by atoms with Crippen LogP contribution in [-0.4, -0.2) is 55.4 Å². The van der Waals surface area contributed by atoms with Crippen molar-refractivity contribution in [2.45, 2.75) is 26.4 Å². The number of hydrogen-bond acceptors (Lipinski definition) is 8. The minimum atomic E-state index is -4.57. The molecule has 0 aliphatic rings. The van der Waals surface area contributed by atoms with Gasteiger partial charge in [0, 0.05) is 30.3 Å². The Labute approximate surface area is 222 Å². The molecule has 8 nitrogen and oxygen atoms in total. The summed E-state index contributed by atoms with van der Waals surface area (Å²) in [5, 5.41) is 14.0. The highest BCUT2D eigenvalue weighted by Gasteiger charge is 2.35. The number of carbonyl (C=O) groups is 1. The summed E-state index contributed by atoms with van der Waals surface area (Å²) >= 11 is 0. The van der Waals surface area contributed by atoms with Crippen molar-refractivity contribution < 1.29 is 27.6 Å². The van der Waals surface area contributed by atoms with Gasteiger partial charge in [-0.2, -0.15) is 18.2 Å². The zero-order chi connectivity index (χ0) is 29.4. The van der Waals surface area contributed by atoms with E-state index in [1.165, 1.54) is 7.05 Å². The van der Waals surface area contributed by atoms with E-state index in [0.717, 1.165) is 17.3 Å².